The van der Waals surface area contributed by atoms with Crippen LogP contribution in [0.25, 0.3) is 5.57 Å². The Morgan fingerprint density at radius 2 is 1.54 bits per heavy atom. The molecule has 1 rings (SSSR count). The summed E-state index contributed by atoms with van der Waals surface area (Å²) in [5, 5.41) is 3.27. The van der Waals surface area contributed by atoms with Crippen molar-refractivity contribution in [3.63, 3.8) is 0 Å². The lowest BCUT2D eigenvalue weighted by molar-refractivity contribution is 0.247. The Bertz CT molecular complexity index is 623. The summed E-state index contributed by atoms with van der Waals surface area (Å²) in [6.07, 6.45) is 4.17. The maximum absolute atomic E-state index is 4.40. The van der Waals surface area contributed by atoms with Gasteiger partial charge in [0.05, 0.1) is 0 Å². The van der Waals surface area contributed by atoms with Crippen molar-refractivity contribution in [1.29, 1.82) is 0 Å². The maximum Gasteiger partial charge on any atom is 0.0146 e. The molecule has 0 radical (unpaired) electrons. The second kappa shape index (κ2) is 9.26. The van der Waals surface area contributed by atoms with Gasteiger partial charge in [-0.25, -0.2) is 0 Å². The highest BCUT2D eigenvalue weighted by Gasteiger charge is 2.27. The SMILES string of the molecule is C=C(C)NCCCC(=C)c1ccc(CC(=C)C(C)(C)CC(C)(C)C)cc1. The highest BCUT2D eigenvalue weighted by Crippen LogP contribution is 2.39. The van der Waals surface area contributed by atoms with Crippen molar-refractivity contribution in [1.82, 2.24) is 5.32 Å². The number of allylic oxidation sites excluding steroid dienone is 3. The summed E-state index contributed by atoms with van der Waals surface area (Å²) in [6, 6.07) is 8.86. The van der Waals surface area contributed by atoms with Crippen LogP contribution in [0, 0.1) is 10.8 Å². The van der Waals surface area contributed by atoms with Crippen molar-refractivity contribution in [2.75, 3.05) is 6.54 Å². The second-order valence-electron chi connectivity index (χ2n) is 9.51. The predicted molar refractivity (Wildman–Crippen MR) is 118 cm³/mol. The predicted octanol–water partition coefficient (Wildman–Crippen LogP) is 7.16. The smallest absolute Gasteiger partial charge is 0.0146 e. The fourth-order valence-electron chi connectivity index (χ4n) is 3.54. The van der Waals surface area contributed by atoms with Gasteiger partial charge < -0.3 is 5.32 Å². The molecule has 0 fully saturated rings. The monoisotopic (exact) mass is 353 g/mol. The first-order valence-corrected chi connectivity index (χ1v) is 9.75. The van der Waals surface area contributed by atoms with Gasteiger partial charge in [0, 0.05) is 12.2 Å². The number of benzene rings is 1. The summed E-state index contributed by atoms with van der Waals surface area (Å²) in [7, 11) is 0. The lowest BCUT2D eigenvalue weighted by Gasteiger charge is -2.34. The molecule has 0 amide bonds. The van der Waals surface area contributed by atoms with Gasteiger partial charge in [0.25, 0.3) is 0 Å². The van der Waals surface area contributed by atoms with Crippen LogP contribution < -0.4 is 5.32 Å². The highest BCUT2D eigenvalue weighted by molar-refractivity contribution is 5.63. The first-order valence-electron chi connectivity index (χ1n) is 9.75. The van der Waals surface area contributed by atoms with Gasteiger partial charge in [-0.2, -0.15) is 0 Å². The van der Waals surface area contributed by atoms with E-state index in [1.165, 1.54) is 22.3 Å². The molecule has 0 aliphatic heterocycles. The van der Waals surface area contributed by atoms with E-state index in [1.54, 1.807) is 0 Å². The summed E-state index contributed by atoms with van der Waals surface area (Å²) < 4.78 is 0. The Kier molecular flexibility index (Phi) is 7.93. The van der Waals surface area contributed by atoms with Crippen molar-refractivity contribution in [2.45, 2.75) is 67.2 Å². The second-order valence-corrected chi connectivity index (χ2v) is 9.51. The zero-order valence-corrected chi connectivity index (χ0v) is 18.0. The van der Waals surface area contributed by atoms with Gasteiger partial charge in [0.2, 0.25) is 0 Å². The first-order chi connectivity index (χ1) is 11.9. The van der Waals surface area contributed by atoms with Crippen molar-refractivity contribution in [3.05, 3.63) is 66.4 Å². The van der Waals surface area contributed by atoms with E-state index in [1.807, 2.05) is 6.92 Å². The molecule has 0 saturated carbocycles. The van der Waals surface area contributed by atoms with Crippen LogP contribution in [-0.2, 0) is 6.42 Å². The molecule has 1 aromatic rings. The molecule has 1 N–H and O–H groups in total. The molecule has 1 nitrogen and oxygen atoms in total. The van der Waals surface area contributed by atoms with Gasteiger partial charge >= 0.3 is 0 Å². The molecule has 1 aromatic carbocycles. The Morgan fingerprint density at radius 3 is 2.04 bits per heavy atom. The first kappa shape index (κ1) is 22.3. The van der Waals surface area contributed by atoms with Gasteiger partial charge in [-0.3, -0.25) is 0 Å². The van der Waals surface area contributed by atoms with E-state index >= 15 is 0 Å². The molecule has 0 heterocycles. The standard InChI is InChI=1S/C25H39N/c1-19(2)26-16-10-11-20(3)23-14-12-22(13-15-23)17-21(4)25(8,9)18-24(5,6)7/h12-15,26H,1,3-4,10-11,16-18H2,2,5-9H3. The molecule has 1 heteroatoms. The minimum absolute atomic E-state index is 0.150. The van der Waals surface area contributed by atoms with Gasteiger partial charge in [-0.05, 0) is 60.1 Å². The minimum atomic E-state index is 0.150. The van der Waals surface area contributed by atoms with Crippen LogP contribution >= 0.6 is 0 Å². The molecular weight excluding hydrogens is 314 g/mol. The summed E-state index contributed by atoms with van der Waals surface area (Å²) >= 11 is 0. The quantitative estimate of drug-likeness (QED) is 0.347. The topological polar surface area (TPSA) is 12.0 Å². The third kappa shape index (κ3) is 8.08. The zero-order valence-electron chi connectivity index (χ0n) is 18.0. The Hall–Kier alpha value is -1.76. The highest BCUT2D eigenvalue weighted by atomic mass is 14.9. The molecule has 144 valence electrons. The van der Waals surface area contributed by atoms with Crippen LogP contribution in [0.3, 0.4) is 0 Å². The van der Waals surface area contributed by atoms with Gasteiger partial charge in [0.1, 0.15) is 0 Å². The zero-order chi connectivity index (χ0) is 20.0. The van der Waals surface area contributed by atoms with E-state index in [-0.39, 0.29) is 5.41 Å². The van der Waals surface area contributed by atoms with Crippen LogP contribution in [0.1, 0.15) is 71.9 Å². The fraction of sp³-hybridized carbons (Fsp3) is 0.520. The number of hydrogen-bond acceptors (Lipinski definition) is 1. The molecule has 0 atom stereocenters. The number of nitrogens with one attached hydrogen (secondary N) is 1. The number of hydrogen-bond donors (Lipinski definition) is 1. The molecule has 26 heavy (non-hydrogen) atoms. The van der Waals surface area contributed by atoms with E-state index in [2.05, 4.69) is 83.9 Å². The molecule has 0 aliphatic carbocycles. The van der Waals surface area contributed by atoms with Crippen LogP contribution in [0.2, 0.25) is 0 Å². The average molecular weight is 354 g/mol. The van der Waals surface area contributed by atoms with Gasteiger partial charge in [0.15, 0.2) is 0 Å². The fourth-order valence-corrected chi connectivity index (χ4v) is 3.54. The normalized spacial score (nSPS) is 11.9. The molecule has 0 saturated heterocycles. The lowest BCUT2D eigenvalue weighted by Crippen LogP contribution is -2.23. The van der Waals surface area contributed by atoms with E-state index in [0.29, 0.717) is 5.41 Å². The average Bonchev–Trinajstić information content (AvgIpc) is 2.49. The largest absolute Gasteiger partial charge is 0.389 e. The van der Waals surface area contributed by atoms with Crippen LogP contribution in [0.15, 0.2) is 55.3 Å². The summed E-state index contributed by atoms with van der Waals surface area (Å²) in [5.41, 5.74) is 6.57. The molecule has 0 spiro atoms. The summed E-state index contributed by atoms with van der Waals surface area (Å²) in [5.74, 6) is 0. The molecule has 0 bridgehead atoms. The van der Waals surface area contributed by atoms with Crippen molar-refractivity contribution >= 4 is 5.57 Å². The maximum atomic E-state index is 4.40. The minimum Gasteiger partial charge on any atom is -0.389 e. The molecule has 0 aromatic heterocycles. The molecule has 0 unspecified atom stereocenters. The Labute approximate surface area is 162 Å². The molecule has 0 aliphatic rings. The van der Waals surface area contributed by atoms with Gasteiger partial charge in [-0.1, -0.05) is 84.2 Å². The lowest BCUT2D eigenvalue weighted by atomic mass is 9.71. The van der Waals surface area contributed by atoms with E-state index < -0.39 is 0 Å². The van der Waals surface area contributed by atoms with Crippen LogP contribution in [-0.4, -0.2) is 6.54 Å². The van der Waals surface area contributed by atoms with E-state index in [4.69, 9.17) is 0 Å². The summed E-state index contributed by atoms with van der Waals surface area (Å²) in [6.45, 7) is 27.0. The molecular formula is C25H39N. The van der Waals surface area contributed by atoms with Crippen molar-refractivity contribution in [2.24, 2.45) is 10.8 Å². The third-order valence-electron chi connectivity index (χ3n) is 4.79. The van der Waals surface area contributed by atoms with E-state index in [0.717, 1.165) is 37.9 Å². The van der Waals surface area contributed by atoms with Crippen LogP contribution in [0.5, 0.6) is 0 Å². The third-order valence-corrected chi connectivity index (χ3v) is 4.79. The number of rotatable bonds is 10. The van der Waals surface area contributed by atoms with Crippen molar-refractivity contribution in [3.8, 4) is 0 Å². The van der Waals surface area contributed by atoms with Crippen LogP contribution in [0.4, 0.5) is 0 Å². The Balaban J connectivity index is 2.60. The van der Waals surface area contributed by atoms with Crippen molar-refractivity contribution < 1.29 is 0 Å². The Morgan fingerprint density at radius 1 is 0.962 bits per heavy atom. The van der Waals surface area contributed by atoms with E-state index in [9.17, 15) is 0 Å². The van der Waals surface area contributed by atoms with Gasteiger partial charge in [-0.15, -0.1) is 0 Å². The summed E-state index contributed by atoms with van der Waals surface area (Å²) in [4.78, 5) is 0.